The third-order valence-electron chi connectivity index (χ3n) is 5.07. The molecule has 1 saturated heterocycles. The van der Waals surface area contributed by atoms with Crippen molar-refractivity contribution >= 4 is 11.9 Å². The summed E-state index contributed by atoms with van der Waals surface area (Å²) in [5.41, 5.74) is -1.27. The molecule has 0 unspecified atom stereocenters. The first-order valence-electron chi connectivity index (χ1n) is 9.96. The van der Waals surface area contributed by atoms with E-state index in [4.69, 9.17) is 4.74 Å². The number of hydrogen-bond donors (Lipinski definition) is 0. The van der Waals surface area contributed by atoms with E-state index in [9.17, 15) is 22.8 Å². The molecule has 28 heavy (non-hydrogen) atoms. The van der Waals surface area contributed by atoms with Crippen LogP contribution in [0.4, 0.5) is 13.2 Å². The molecule has 0 spiro atoms. The van der Waals surface area contributed by atoms with Crippen molar-refractivity contribution in [2.75, 3.05) is 19.7 Å². The number of piperidine rings is 1. The van der Waals surface area contributed by atoms with E-state index in [1.807, 2.05) is 0 Å². The number of likely N-dealkylation sites (tertiary alicyclic amines) is 1. The zero-order chi connectivity index (χ0) is 20.6. The van der Waals surface area contributed by atoms with E-state index in [1.54, 1.807) is 0 Å². The van der Waals surface area contributed by atoms with Crippen LogP contribution < -0.4 is 0 Å². The number of carbonyl (C=O) groups excluding carboxylic acids is 2. The lowest BCUT2D eigenvalue weighted by molar-refractivity contribution is -0.150. The van der Waals surface area contributed by atoms with Gasteiger partial charge in [0, 0.05) is 13.1 Å². The highest BCUT2D eigenvalue weighted by Gasteiger charge is 2.37. The number of nitrogens with zero attached hydrogens (tertiary/aromatic N) is 1. The van der Waals surface area contributed by atoms with Gasteiger partial charge in [-0.2, -0.15) is 13.2 Å². The van der Waals surface area contributed by atoms with E-state index in [1.165, 1.54) is 29.5 Å². The molecule has 1 aromatic rings. The molecule has 0 atom stereocenters. The van der Waals surface area contributed by atoms with Crippen molar-refractivity contribution in [2.24, 2.45) is 5.92 Å². The van der Waals surface area contributed by atoms with Crippen LogP contribution in [0.15, 0.2) is 24.3 Å². The molecule has 0 N–H and O–H groups in total. The Bertz CT molecular complexity index is 653. The molecule has 1 fully saturated rings. The van der Waals surface area contributed by atoms with Crippen LogP contribution in [0, 0.1) is 5.92 Å². The minimum absolute atomic E-state index is 0.251. The Morgan fingerprint density at radius 1 is 1.07 bits per heavy atom. The SMILES string of the molecule is CCCCCCCOC(=O)C1CCN(C(=O)c2ccccc2C(F)(F)F)CC1. The fourth-order valence-electron chi connectivity index (χ4n) is 3.40. The largest absolute Gasteiger partial charge is 0.465 e. The Morgan fingerprint density at radius 2 is 1.71 bits per heavy atom. The topological polar surface area (TPSA) is 46.6 Å². The van der Waals surface area contributed by atoms with Gasteiger partial charge >= 0.3 is 12.1 Å². The van der Waals surface area contributed by atoms with Crippen molar-refractivity contribution in [2.45, 2.75) is 58.0 Å². The van der Waals surface area contributed by atoms with Gasteiger partial charge in [0.1, 0.15) is 0 Å². The maximum Gasteiger partial charge on any atom is 0.417 e. The number of halogens is 3. The Hall–Kier alpha value is -2.05. The summed E-state index contributed by atoms with van der Waals surface area (Å²) in [7, 11) is 0. The Kier molecular flexibility index (Phi) is 8.33. The highest BCUT2D eigenvalue weighted by atomic mass is 19.4. The quantitative estimate of drug-likeness (QED) is 0.453. The summed E-state index contributed by atoms with van der Waals surface area (Å²) < 4.78 is 44.7. The fraction of sp³-hybridized carbons (Fsp3) is 0.619. The maximum atomic E-state index is 13.1. The molecule has 0 aromatic heterocycles. The summed E-state index contributed by atoms with van der Waals surface area (Å²) in [4.78, 5) is 26.1. The summed E-state index contributed by atoms with van der Waals surface area (Å²) in [5, 5.41) is 0. The average Bonchev–Trinajstić information content (AvgIpc) is 2.69. The van der Waals surface area contributed by atoms with Gasteiger partial charge < -0.3 is 9.64 Å². The molecule has 156 valence electrons. The first kappa shape index (κ1) is 22.2. The second kappa shape index (κ2) is 10.5. The van der Waals surface area contributed by atoms with Gasteiger partial charge in [-0.1, -0.05) is 44.7 Å². The molecule has 2 rings (SSSR count). The Labute approximate surface area is 164 Å². The van der Waals surface area contributed by atoms with Crippen LogP contribution in [0.1, 0.15) is 67.8 Å². The standard InChI is InChI=1S/C21H28F3NO3/c1-2-3-4-5-8-15-28-20(27)16-11-13-25(14-12-16)19(26)17-9-6-7-10-18(17)21(22,23)24/h6-7,9-10,16H,2-5,8,11-15H2,1H3. The van der Waals surface area contributed by atoms with Gasteiger partial charge in [0.15, 0.2) is 0 Å². The molecule has 1 heterocycles. The van der Waals surface area contributed by atoms with Gasteiger partial charge in [0.2, 0.25) is 0 Å². The van der Waals surface area contributed by atoms with Crippen LogP contribution in [0.3, 0.4) is 0 Å². The van der Waals surface area contributed by atoms with E-state index in [2.05, 4.69) is 6.92 Å². The van der Waals surface area contributed by atoms with Crippen LogP contribution in [-0.4, -0.2) is 36.5 Å². The van der Waals surface area contributed by atoms with E-state index in [0.29, 0.717) is 19.4 Å². The number of carbonyl (C=O) groups is 2. The van der Waals surface area contributed by atoms with Crippen molar-refractivity contribution in [3.63, 3.8) is 0 Å². The summed E-state index contributed by atoms with van der Waals surface area (Å²) in [6.07, 6.45) is 1.59. The van der Waals surface area contributed by atoms with Crippen LogP contribution in [0.25, 0.3) is 0 Å². The zero-order valence-electron chi connectivity index (χ0n) is 16.3. The zero-order valence-corrected chi connectivity index (χ0v) is 16.3. The number of alkyl halides is 3. The van der Waals surface area contributed by atoms with Crippen LogP contribution in [0.2, 0.25) is 0 Å². The van der Waals surface area contributed by atoms with E-state index in [0.717, 1.165) is 31.7 Å². The Morgan fingerprint density at radius 3 is 2.36 bits per heavy atom. The molecular weight excluding hydrogens is 371 g/mol. The third-order valence-corrected chi connectivity index (χ3v) is 5.07. The highest BCUT2D eigenvalue weighted by Crippen LogP contribution is 2.33. The number of unbranched alkanes of at least 4 members (excludes halogenated alkanes) is 4. The van der Waals surface area contributed by atoms with Crippen LogP contribution in [-0.2, 0) is 15.7 Å². The molecule has 1 aromatic carbocycles. The van der Waals surface area contributed by atoms with Crippen molar-refractivity contribution in [3.05, 3.63) is 35.4 Å². The summed E-state index contributed by atoms with van der Waals surface area (Å²) in [6.45, 7) is 3.04. The number of ether oxygens (including phenoxy) is 1. The summed E-state index contributed by atoms with van der Waals surface area (Å²) >= 11 is 0. The average molecular weight is 399 g/mol. The van der Waals surface area contributed by atoms with Gasteiger partial charge in [0.05, 0.1) is 23.7 Å². The van der Waals surface area contributed by atoms with Gasteiger partial charge in [-0.25, -0.2) is 0 Å². The second-order valence-electron chi connectivity index (χ2n) is 7.19. The van der Waals surface area contributed by atoms with Gasteiger partial charge in [-0.05, 0) is 31.4 Å². The van der Waals surface area contributed by atoms with Gasteiger partial charge in [0.25, 0.3) is 5.91 Å². The first-order valence-corrected chi connectivity index (χ1v) is 9.96. The van der Waals surface area contributed by atoms with E-state index < -0.39 is 17.6 Å². The first-order chi connectivity index (χ1) is 13.3. The fourth-order valence-corrected chi connectivity index (χ4v) is 3.40. The molecule has 0 radical (unpaired) electrons. The molecule has 4 nitrogen and oxygen atoms in total. The summed E-state index contributed by atoms with van der Waals surface area (Å²) in [6, 6.07) is 4.80. The molecule has 1 amide bonds. The molecule has 0 aliphatic carbocycles. The van der Waals surface area contributed by atoms with E-state index >= 15 is 0 Å². The lowest BCUT2D eigenvalue weighted by Crippen LogP contribution is -2.41. The third kappa shape index (κ3) is 6.24. The molecular formula is C21H28F3NO3. The molecule has 7 heteroatoms. The normalized spacial score (nSPS) is 15.5. The molecule has 0 saturated carbocycles. The maximum absolute atomic E-state index is 13.1. The van der Waals surface area contributed by atoms with Crippen molar-refractivity contribution in [3.8, 4) is 0 Å². The molecule has 0 bridgehead atoms. The van der Waals surface area contributed by atoms with Gasteiger partial charge in [-0.15, -0.1) is 0 Å². The number of hydrogen-bond acceptors (Lipinski definition) is 3. The lowest BCUT2D eigenvalue weighted by atomic mass is 9.96. The minimum Gasteiger partial charge on any atom is -0.465 e. The van der Waals surface area contributed by atoms with Crippen LogP contribution in [0.5, 0.6) is 0 Å². The predicted molar refractivity (Wildman–Crippen MR) is 99.8 cm³/mol. The van der Waals surface area contributed by atoms with Crippen molar-refractivity contribution in [1.82, 2.24) is 4.90 Å². The smallest absolute Gasteiger partial charge is 0.417 e. The van der Waals surface area contributed by atoms with Gasteiger partial charge in [-0.3, -0.25) is 9.59 Å². The molecule has 1 aliphatic rings. The number of rotatable bonds is 8. The molecule has 1 aliphatic heterocycles. The summed E-state index contributed by atoms with van der Waals surface area (Å²) in [5.74, 6) is -1.20. The lowest BCUT2D eigenvalue weighted by Gasteiger charge is -2.31. The Balaban J connectivity index is 1.82. The number of esters is 1. The minimum atomic E-state index is -4.58. The second-order valence-corrected chi connectivity index (χ2v) is 7.19. The van der Waals surface area contributed by atoms with Crippen LogP contribution >= 0.6 is 0 Å². The predicted octanol–water partition coefficient (Wildman–Crippen LogP) is 5.07. The van der Waals surface area contributed by atoms with Crippen molar-refractivity contribution < 1.29 is 27.5 Å². The number of benzene rings is 1. The van der Waals surface area contributed by atoms with E-state index in [-0.39, 0.29) is 30.5 Å². The highest BCUT2D eigenvalue weighted by molar-refractivity contribution is 5.96. The van der Waals surface area contributed by atoms with Crippen molar-refractivity contribution in [1.29, 1.82) is 0 Å². The number of amides is 1. The monoisotopic (exact) mass is 399 g/mol.